The first kappa shape index (κ1) is 12.3. The highest BCUT2D eigenvalue weighted by Crippen LogP contribution is 2.32. The maximum atomic E-state index is 11.6. The summed E-state index contributed by atoms with van der Waals surface area (Å²) in [5, 5.41) is 0. The van der Waals surface area contributed by atoms with Crippen LogP contribution in [0, 0.1) is 11.8 Å². The smallest absolute Gasteiger partial charge is 0.212 e. The van der Waals surface area contributed by atoms with E-state index in [0.717, 1.165) is 12.8 Å². The van der Waals surface area contributed by atoms with Gasteiger partial charge in [0, 0.05) is 11.9 Å². The number of sulfonamides is 1. The van der Waals surface area contributed by atoms with Crippen molar-refractivity contribution < 1.29 is 8.42 Å². The summed E-state index contributed by atoms with van der Waals surface area (Å²) in [5.74, 6) is 1.09. The van der Waals surface area contributed by atoms with Gasteiger partial charge in [0.2, 0.25) is 10.0 Å². The van der Waals surface area contributed by atoms with Crippen molar-refractivity contribution in [2.24, 2.45) is 11.8 Å². The molecule has 3 nitrogen and oxygen atoms in total. The fourth-order valence-corrected chi connectivity index (χ4v) is 3.40. The molecule has 1 rings (SSSR count). The third-order valence-electron chi connectivity index (χ3n) is 2.46. The Morgan fingerprint density at radius 3 is 2.43 bits per heavy atom. The van der Waals surface area contributed by atoms with Crippen molar-refractivity contribution in [2.75, 3.05) is 11.6 Å². The second-order valence-electron chi connectivity index (χ2n) is 4.28. The minimum absolute atomic E-state index is 0.0144. The van der Waals surface area contributed by atoms with Gasteiger partial charge in [-0.2, -0.15) is 0 Å². The van der Waals surface area contributed by atoms with Crippen molar-refractivity contribution in [3.63, 3.8) is 0 Å². The van der Waals surface area contributed by atoms with E-state index < -0.39 is 10.0 Å². The van der Waals surface area contributed by atoms with Crippen LogP contribution in [-0.2, 0) is 10.0 Å². The van der Waals surface area contributed by atoms with Crippen LogP contribution >= 0.6 is 11.6 Å². The second kappa shape index (κ2) is 4.81. The zero-order valence-corrected chi connectivity index (χ0v) is 10.2. The van der Waals surface area contributed by atoms with E-state index in [4.69, 9.17) is 11.6 Å². The van der Waals surface area contributed by atoms with Crippen LogP contribution in [0.4, 0.5) is 0 Å². The number of nitrogens with one attached hydrogen (secondary N) is 1. The van der Waals surface area contributed by atoms with Crippen LogP contribution in [0.1, 0.15) is 26.7 Å². The summed E-state index contributed by atoms with van der Waals surface area (Å²) < 4.78 is 25.8. The van der Waals surface area contributed by atoms with Crippen molar-refractivity contribution >= 4 is 21.6 Å². The number of hydrogen-bond donors (Lipinski definition) is 1. The molecule has 5 heteroatoms. The van der Waals surface area contributed by atoms with Gasteiger partial charge in [-0.1, -0.05) is 6.92 Å². The molecule has 0 amide bonds. The van der Waals surface area contributed by atoms with Crippen LogP contribution in [0.5, 0.6) is 0 Å². The first-order valence-electron chi connectivity index (χ1n) is 5.00. The summed E-state index contributed by atoms with van der Waals surface area (Å²) in [6.07, 6.45) is 2.30. The molecule has 0 saturated heterocycles. The minimum atomic E-state index is -3.13. The van der Waals surface area contributed by atoms with Gasteiger partial charge in [0.1, 0.15) is 0 Å². The van der Waals surface area contributed by atoms with Gasteiger partial charge in [-0.15, -0.1) is 11.6 Å². The summed E-state index contributed by atoms with van der Waals surface area (Å²) in [7, 11) is -3.13. The monoisotopic (exact) mass is 239 g/mol. The van der Waals surface area contributed by atoms with Crippen LogP contribution in [-0.4, -0.2) is 26.1 Å². The zero-order chi connectivity index (χ0) is 10.8. The van der Waals surface area contributed by atoms with E-state index in [1.807, 2.05) is 13.8 Å². The van der Waals surface area contributed by atoms with E-state index in [2.05, 4.69) is 4.72 Å². The fourth-order valence-electron chi connectivity index (χ4n) is 1.44. The molecule has 2 unspecified atom stereocenters. The molecule has 1 fully saturated rings. The summed E-state index contributed by atoms with van der Waals surface area (Å²) in [6, 6.07) is 0.0857. The Labute approximate surface area is 91.3 Å². The highest BCUT2D eigenvalue weighted by Gasteiger charge is 2.30. The molecule has 2 atom stereocenters. The van der Waals surface area contributed by atoms with Crippen LogP contribution in [0.15, 0.2) is 0 Å². The summed E-state index contributed by atoms with van der Waals surface area (Å²) >= 11 is 5.58. The number of rotatable bonds is 6. The van der Waals surface area contributed by atoms with Crippen molar-refractivity contribution in [1.82, 2.24) is 4.72 Å². The van der Waals surface area contributed by atoms with E-state index >= 15 is 0 Å². The molecule has 0 radical (unpaired) electrons. The van der Waals surface area contributed by atoms with Gasteiger partial charge >= 0.3 is 0 Å². The highest BCUT2D eigenvalue weighted by molar-refractivity contribution is 7.89. The predicted octanol–water partition coefficient (Wildman–Crippen LogP) is 1.58. The SMILES string of the molecule is CC(CCl)CS(=O)(=O)NC(C)C1CC1. The summed E-state index contributed by atoms with van der Waals surface area (Å²) in [5.41, 5.74) is 0. The molecule has 1 saturated carbocycles. The topological polar surface area (TPSA) is 46.2 Å². The Kier molecular flexibility index (Phi) is 4.22. The molecule has 0 spiro atoms. The molecular weight excluding hydrogens is 222 g/mol. The van der Waals surface area contributed by atoms with Crippen molar-refractivity contribution in [3.8, 4) is 0 Å². The average molecular weight is 240 g/mol. The lowest BCUT2D eigenvalue weighted by atomic mass is 10.2. The molecule has 1 N–H and O–H groups in total. The lowest BCUT2D eigenvalue weighted by Gasteiger charge is -2.15. The quantitative estimate of drug-likeness (QED) is 0.716. The first-order valence-corrected chi connectivity index (χ1v) is 7.19. The normalized spacial score (nSPS) is 21.9. The average Bonchev–Trinajstić information content (AvgIpc) is 2.84. The molecule has 14 heavy (non-hydrogen) atoms. The highest BCUT2D eigenvalue weighted by atomic mass is 35.5. The van der Waals surface area contributed by atoms with Crippen LogP contribution < -0.4 is 4.72 Å². The molecule has 1 aliphatic rings. The van der Waals surface area contributed by atoms with Gasteiger partial charge < -0.3 is 0 Å². The third-order valence-corrected chi connectivity index (χ3v) is 4.73. The summed E-state index contributed by atoms with van der Waals surface area (Å²) in [4.78, 5) is 0. The number of halogens is 1. The lowest BCUT2D eigenvalue weighted by molar-refractivity contribution is 0.530. The third kappa shape index (κ3) is 4.15. The van der Waals surface area contributed by atoms with Gasteiger partial charge in [-0.3, -0.25) is 0 Å². The zero-order valence-electron chi connectivity index (χ0n) is 8.66. The summed E-state index contributed by atoms with van der Waals surface area (Å²) in [6.45, 7) is 3.77. The molecular formula is C9H18ClNO2S. The Hall–Kier alpha value is 0.200. The minimum Gasteiger partial charge on any atom is -0.212 e. The van der Waals surface area contributed by atoms with E-state index in [1.165, 1.54) is 0 Å². The van der Waals surface area contributed by atoms with E-state index in [9.17, 15) is 8.42 Å². The van der Waals surface area contributed by atoms with Crippen molar-refractivity contribution in [2.45, 2.75) is 32.7 Å². The molecule has 84 valence electrons. The molecule has 0 heterocycles. The molecule has 1 aliphatic carbocycles. The lowest BCUT2D eigenvalue weighted by Crippen LogP contribution is -2.37. The van der Waals surface area contributed by atoms with E-state index in [1.54, 1.807) is 0 Å². The van der Waals surface area contributed by atoms with Crippen LogP contribution in [0.2, 0.25) is 0 Å². The van der Waals surface area contributed by atoms with E-state index in [-0.39, 0.29) is 17.7 Å². The molecule has 0 bridgehead atoms. The molecule has 0 aromatic heterocycles. The van der Waals surface area contributed by atoms with Crippen LogP contribution in [0.25, 0.3) is 0 Å². The number of hydrogen-bond acceptors (Lipinski definition) is 2. The van der Waals surface area contributed by atoms with Gasteiger partial charge in [0.25, 0.3) is 0 Å². The predicted molar refractivity (Wildman–Crippen MR) is 59.0 cm³/mol. The standard InChI is InChI=1S/C9H18ClNO2S/c1-7(5-10)6-14(12,13)11-8(2)9-3-4-9/h7-9,11H,3-6H2,1-2H3. The van der Waals surface area contributed by atoms with Crippen LogP contribution in [0.3, 0.4) is 0 Å². The van der Waals surface area contributed by atoms with Crippen molar-refractivity contribution in [3.05, 3.63) is 0 Å². The fraction of sp³-hybridized carbons (Fsp3) is 1.00. The van der Waals surface area contributed by atoms with Gasteiger partial charge in [0.15, 0.2) is 0 Å². The Morgan fingerprint density at radius 1 is 1.43 bits per heavy atom. The molecule has 0 aromatic carbocycles. The van der Waals surface area contributed by atoms with Gasteiger partial charge in [0.05, 0.1) is 5.75 Å². The largest absolute Gasteiger partial charge is 0.212 e. The first-order chi connectivity index (χ1) is 6.44. The Morgan fingerprint density at radius 2 is 2.00 bits per heavy atom. The molecule has 0 aliphatic heterocycles. The maximum absolute atomic E-state index is 11.6. The van der Waals surface area contributed by atoms with Crippen molar-refractivity contribution in [1.29, 1.82) is 0 Å². The number of alkyl halides is 1. The van der Waals surface area contributed by atoms with E-state index in [0.29, 0.717) is 11.8 Å². The second-order valence-corrected chi connectivity index (χ2v) is 6.39. The maximum Gasteiger partial charge on any atom is 0.212 e. The van der Waals surface area contributed by atoms with Gasteiger partial charge in [-0.05, 0) is 31.6 Å². The Bertz CT molecular complexity index is 275. The Balaban J connectivity index is 2.40. The molecule has 0 aromatic rings. The van der Waals surface area contributed by atoms with Gasteiger partial charge in [-0.25, -0.2) is 13.1 Å².